The molecule has 3 aliphatic heterocycles. The minimum Gasteiger partial charge on any atom is -0.487 e. The van der Waals surface area contributed by atoms with Crippen molar-refractivity contribution in [2.45, 2.75) is 82.7 Å². The number of β-amino-alcohol motifs (C(OH)–C–C–N with tert-alkyl or cyclic N) is 1. The number of carbonyl (C=O) groups excluding carboxylic acids is 2. The van der Waals surface area contributed by atoms with Crippen LogP contribution in [0.15, 0.2) is 36.4 Å². The number of hydrogen-bond donors (Lipinski definition) is 2. The Kier molecular flexibility index (Phi) is 12.4. The van der Waals surface area contributed by atoms with Crippen LogP contribution in [-0.2, 0) is 32.6 Å². The number of carbonyl (C=O) groups is 2. The predicted octanol–water partition coefficient (Wildman–Crippen LogP) is 4.88. The zero-order chi connectivity index (χ0) is 37.0. The SMILES string of the molecule is COCCN1CCN(C[C@]2(O)CCC[C@H](C)[C@@H](C)S(=O)(=O)NC(=O)c3ccc4c(c3)N(CCCCc3cc(Cl)ccc3CO4)C[C@@H]3CC[C@H]32)CC1=O. The summed E-state index contributed by atoms with van der Waals surface area (Å²) in [5, 5.41) is 12.6. The molecule has 0 aromatic heterocycles. The van der Waals surface area contributed by atoms with Crippen LogP contribution in [0.1, 0.15) is 80.3 Å². The number of fused-ring (bicyclic) bond motifs is 3. The van der Waals surface area contributed by atoms with Crippen LogP contribution in [0.3, 0.4) is 0 Å². The van der Waals surface area contributed by atoms with Gasteiger partial charge in [-0.2, -0.15) is 0 Å². The molecule has 2 bridgehead atoms. The molecule has 6 rings (SSSR count). The van der Waals surface area contributed by atoms with Gasteiger partial charge in [0.2, 0.25) is 15.9 Å². The van der Waals surface area contributed by atoms with E-state index in [1.165, 1.54) is 0 Å². The molecular weight excluding hydrogens is 704 g/mol. The summed E-state index contributed by atoms with van der Waals surface area (Å²) >= 11 is 6.37. The number of halogens is 1. The molecule has 3 heterocycles. The first-order valence-electron chi connectivity index (χ1n) is 18.9. The summed E-state index contributed by atoms with van der Waals surface area (Å²) in [4.78, 5) is 32.8. The third-order valence-corrected chi connectivity index (χ3v) is 14.2. The van der Waals surface area contributed by atoms with E-state index in [2.05, 4.69) is 14.5 Å². The van der Waals surface area contributed by atoms with Crippen LogP contribution < -0.4 is 14.4 Å². The fourth-order valence-electron chi connectivity index (χ4n) is 8.51. The van der Waals surface area contributed by atoms with Crippen LogP contribution >= 0.6 is 11.6 Å². The second kappa shape index (κ2) is 16.6. The molecule has 2 N–H and O–H groups in total. The lowest BCUT2D eigenvalue weighted by molar-refractivity contribution is -0.142. The maximum atomic E-state index is 13.6. The van der Waals surface area contributed by atoms with Gasteiger partial charge in [-0.3, -0.25) is 14.5 Å². The number of aryl methyl sites for hydroxylation is 1. The van der Waals surface area contributed by atoms with E-state index in [1.807, 2.05) is 30.0 Å². The summed E-state index contributed by atoms with van der Waals surface area (Å²) in [6.07, 6.45) is 6.20. The molecule has 2 aromatic carbocycles. The van der Waals surface area contributed by atoms with Crippen LogP contribution in [0.4, 0.5) is 5.69 Å². The van der Waals surface area contributed by atoms with E-state index in [-0.39, 0.29) is 35.8 Å². The van der Waals surface area contributed by atoms with Crippen LogP contribution in [0.5, 0.6) is 5.75 Å². The minimum atomic E-state index is -3.99. The lowest BCUT2D eigenvalue weighted by atomic mass is 9.62. The number of nitrogens with one attached hydrogen (secondary N) is 1. The Balaban J connectivity index is 1.33. The van der Waals surface area contributed by atoms with Crippen molar-refractivity contribution >= 4 is 39.1 Å². The Morgan fingerprint density at radius 1 is 1.02 bits per heavy atom. The maximum absolute atomic E-state index is 13.6. The number of hydrogen-bond acceptors (Lipinski definition) is 9. The Bertz CT molecular complexity index is 1710. The summed E-state index contributed by atoms with van der Waals surface area (Å²) in [6.45, 7) is 8.16. The lowest BCUT2D eigenvalue weighted by Crippen LogP contribution is -2.59. The van der Waals surface area contributed by atoms with E-state index in [9.17, 15) is 23.1 Å². The molecule has 286 valence electrons. The molecule has 5 atom stereocenters. The number of amides is 2. The highest BCUT2D eigenvalue weighted by Gasteiger charge is 2.48. The molecule has 52 heavy (non-hydrogen) atoms. The Morgan fingerprint density at radius 2 is 1.85 bits per heavy atom. The van der Waals surface area contributed by atoms with E-state index in [1.54, 1.807) is 32.2 Å². The average molecular weight is 759 g/mol. The summed E-state index contributed by atoms with van der Waals surface area (Å²) in [7, 11) is -2.36. The van der Waals surface area contributed by atoms with Gasteiger partial charge in [-0.15, -0.1) is 0 Å². The standard InChI is InChI=1S/C39H55ClN4O7S/c1-27-7-6-15-39(47,26-42-17-18-43(19-20-50-3)37(45)24-42)34-13-10-31(34)23-44-16-5-4-8-29-21-33(40)12-9-32(29)25-51-36-14-11-30(22-35(36)44)38(46)41-52(48,49)28(27)2/h9,11-12,14,21-22,27-28,31,34,47H,4-8,10,13,15-20,23-26H2,1-3H3,(H,41,46)/t27-,28+,31-,34+,39+/m0/s1. The number of sulfonamides is 1. The van der Waals surface area contributed by atoms with Crippen LogP contribution in [0, 0.1) is 17.8 Å². The van der Waals surface area contributed by atoms with Gasteiger partial charge in [-0.25, -0.2) is 13.1 Å². The van der Waals surface area contributed by atoms with Gasteiger partial charge in [-0.05, 0) is 111 Å². The predicted molar refractivity (Wildman–Crippen MR) is 202 cm³/mol. The normalized spacial score (nSPS) is 29.1. The summed E-state index contributed by atoms with van der Waals surface area (Å²) in [6, 6.07) is 11.0. The van der Waals surface area contributed by atoms with Crippen molar-refractivity contribution in [3.05, 3.63) is 58.1 Å². The van der Waals surface area contributed by atoms with Gasteiger partial charge in [0.05, 0.1) is 29.7 Å². The smallest absolute Gasteiger partial charge is 0.264 e. The van der Waals surface area contributed by atoms with Crippen molar-refractivity contribution in [2.24, 2.45) is 17.8 Å². The fourth-order valence-corrected chi connectivity index (χ4v) is 10.0. The van der Waals surface area contributed by atoms with Crippen LogP contribution in [0.25, 0.3) is 0 Å². The fraction of sp³-hybridized carbons (Fsp3) is 0.641. The second-order valence-electron chi connectivity index (χ2n) is 15.5. The van der Waals surface area contributed by atoms with Crippen molar-refractivity contribution < 1.29 is 32.6 Å². The molecule has 13 heteroatoms. The zero-order valence-electron chi connectivity index (χ0n) is 30.8. The van der Waals surface area contributed by atoms with Crippen molar-refractivity contribution in [3.63, 3.8) is 0 Å². The molecule has 0 spiro atoms. The highest BCUT2D eigenvalue weighted by Crippen LogP contribution is 2.46. The van der Waals surface area contributed by atoms with Gasteiger partial charge in [0.25, 0.3) is 5.91 Å². The molecule has 2 fully saturated rings. The van der Waals surface area contributed by atoms with Gasteiger partial charge in [-0.1, -0.05) is 31.0 Å². The summed E-state index contributed by atoms with van der Waals surface area (Å²) in [5.74, 6) is -0.0732. The van der Waals surface area contributed by atoms with Gasteiger partial charge < -0.3 is 24.4 Å². The van der Waals surface area contributed by atoms with E-state index in [0.717, 1.165) is 48.9 Å². The lowest BCUT2D eigenvalue weighted by Gasteiger charge is -2.51. The van der Waals surface area contributed by atoms with Crippen LogP contribution in [0.2, 0.25) is 5.02 Å². The van der Waals surface area contributed by atoms with Crippen molar-refractivity contribution in [1.29, 1.82) is 0 Å². The monoisotopic (exact) mass is 758 g/mol. The van der Waals surface area contributed by atoms with E-state index >= 15 is 0 Å². The van der Waals surface area contributed by atoms with Crippen molar-refractivity contribution in [2.75, 3.05) is 64.4 Å². The first-order chi connectivity index (χ1) is 24.9. The van der Waals surface area contributed by atoms with Gasteiger partial charge in [0, 0.05) is 57.0 Å². The second-order valence-corrected chi connectivity index (χ2v) is 17.9. The average Bonchev–Trinajstić information content (AvgIpc) is 3.11. The number of anilines is 1. The molecule has 2 amide bonds. The number of piperazine rings is 1. The number of benzene rings is 2. The number of nitrogens with zero attached hydrogens (tertiary/aromatic N) is 3. The molecule has 2 aromatic rings. The largest absolute Gasteiger partial charge is 0.487 e. The van der Waals surface area contributed by atoms with E-state index in [4.69, 9.17) is 21.1 Å². The zero-order valence-corrected chi connectivity index (χ0v) is 32.4. The van der Waals surface area contributed by atoms with Crippen LogP contribution in [-0.4, -0.2) is 106 Å². The number of aliphatic hydroxyl groups is 1. The quantitative estimate of drug-likeness (QED) is 0.439. The summed E-state index contributed by atoms with van der Waals surface area (Å²) in [5.41, 5.74) is 2.14. The van der Waals surface area contributed by atoms with Crippen molar-refractivity contribution in [3.8, 4) is 5.75 Å². The molecule has 0 unspecified atom stereocenters. The highest BCUT2D eigenvalue weighted by molar-refractivity contribution is 7.90. The van der Waals surface area contributed by atoms with Gasteiger partial charge >= 0.3 is 0 Å². The van der Waals surface area contributed by atoms with E-state index < -0.39 is 26.8 Å². The molecule has 0 radical (unpaired) electrons. The first-order valence-corrected chi connectivity index (χ1v) is 20.9. The first kappa shape index (κ1) is 38.8. The third-order valence-electron chi connectivity index (χ3n) is 12.1. The van der Waals surface area contributed by atoms with Gasteiger partial charge in [0.1, 0.15) is 12.4 Å². The Labute approximate surface area is 314 Å². The number of rotatable bonds is 5. The topological polar surface area (TPSA) is 129 Å². The summed E-state index contributed by atoms with van der Waals surface area (Å²) < 4.78 is 41.1. The molecule has 1 saturated carbocycles. The third kappa shape index (κ3) is 8.89. The molecule has 4 aliphatic rings. The minimum absolute atomic E-state index is 0.000999. The van der Waals surface area contributed by atoms with E-state index in [0.29, 0.717) is 82.5 Å². The highest BCUT2D eigenvalue weighted by atomic mass is 35.5. The number of ether oxygens (including phenoxy) is 2. The molecule has 1 aliphatic carbocycles. The Hall–Kier alpha value is -2.90. The van der Waals surface area contributed by atoms with Crippen molar-refractivity contribution in [1.82, 2.24) is 14.5 Å². The molecule has 11 nitrogen and oxygen atoms in total. The van der Waals surface area contributed by atoms with Gasteiger partial charge in [0.15, 0.2) is 0 Å². The maximum Gasteiger partial charge on any atom is 0.264 e. The Morgan fingerprint density at radius 3 is 2.60 bits per heavy atom. The number of methoxy groups -OCH3 is 1. The molecule has 1 saturated heterocycles. The molecular formula is C39H55ClN4O7S.